The van der Waals surface area contributed by atoms with Gasteiger partial charge in [0, 0.05) is 20.2 Å². The SMILES string of the molecule is CNCCCN(CC(C)C)C(=O)COC. The van der Waals surface area contributed by atoms with Gasteiger partial charge in [0.1, 0.15) is 6.61 Å². The van der Waals surface area contributed by atoms with Gasteiger partial charge in [-0.15, -0.1) is 0 Å². The number of nitrogens with one attached hydrogen (secondary N) is 1. The van der Waals surface area contributed by atoms with Gasteiger partial charge in [0.2, 0.25) is 5.91 Å². The van der Waals surface area contributed by atoms with Crippen LogP contribution in [0.3, 0.4) is 0 Å². The first-order chi connectivity index (χ1) is 7.11. The predicted octanol–water partition coefficient (Wildman–Crippen LogP) is 0.727. The number of ether oxygens (including phenoxy) is 1. The van der Waals surface area contributed by atoms with E-state index in [-0.39, 0.29) is 12.5 Å². The Morgan fingerprint density at radius 2 is 2.13 bits per heavy atom. The maximum Gasteiger partial charge on any atom is 0.248 e. The molecule has 0 atom stereocenters. The van der Waals surface area contributed by atoms with E-state index in [1.807, 2.05) is 11.9 Å². The van der Waals surface area contributed by atoms with Crippen molar-refractivity contribution in [3.8, 4) is 0 Å². The van der Waals surface area contributed by atoms with Gasteiger partial charge in [0.15, 0.2) is 0 Å². The lowest BCUT2D eigenvalue weighted by Crippen LogP contribution is -2.38. The highest BCUT2D eigenvalue weighted by Crippen LogP contribution is 2.00. The van der Waals surface area contributed by atoms with E-state index in [4.69, 9.17) is 4.74 Å². The minimum absolute atomic E-state index is 0.0855. The van der Waals surface area contributed by atoms with Crippen molar-refractivity contribution in [2.75, 3.05) is 40.4 Å². The monoisotopic (exact) mass is 216 g/mol. The molecule has 15 heavy (non-hydrogen) atoms. The van der Waals surface area contributed by atoms with Crippen LogP contribution in [0.4, 0.5) is 0 Å². The van der Waals surface area contributed by atoms with Crippen molar-refractivity contribution >= 4 is 5.91 Å². The van der Waals surface area contributed by atoms with Crippen molar-refractivity contribution in [2.45, 2.75) is 20.3 Å². The molecule has 1 N–H and O–H groups in total. The number of amides is 1. The third kappa shape index (κ3) is 7.33. The van der Waals surface area contributed by atoms with Crippen molar-refractivity contribution in [2.24, 2.45) is 5.92 Å². The Kier molecular flexibility index (Phi) is 8.33. The molecule has 4 nitrogen and oxygen atoms in total. The molecule has 4 heteroatoms. The summed E-state index contributed by atoms with van der Waals surface area (Å²) in [5.74, 6) is 0.586. The second-order valence-electron chi connectivity index (χ2n) is 4.12. The average molecular weight is 216 g/mol. The molecule has 0 bridgehead atoms. The average Bonchev–Trinajstić information content (AvgIpc) is 2.16. The standard InChI is InChI=1S/C11H24N2O2/c1-10(2)8-13(7-5-6-12-3)11(14)9-15-4/h10,12H,5-9H2,1-4H3. The van der Waals surface area contributed by atoms with Gasteiger partial charge >= 0.3 is 0 Å². The number of methoxy groups -OCH3 is 1. The van der Waals surface area contributed by atoms with Gasteiger partial charge in [-0.25, -0.2) is 0 Å². The normalized spacial score (nSPS) is 10.7. The Morgan fingerprint density at radius 1 is 1.47 bits per heavy atom. The molecule has 0 aliphatic carbocycles. The van der Waals surface area contributed by atoms with E-state index in [0.717, 1.165) is 26.1 Å². The molecule has 0 heterocycles. The molecule has 0 saturated carbocycles. The Hall–Kier alpha value is -0.610. The molecule has 1 amide bonds. The summed E-state index contributed by atoms with van der Waals surface area (Å²) in [5.41, 5.74) is 0. The highest BCUT2D eigenvalue weighted by molar-refractivity contribution is 5.77. The summed E-state index contributed by atoms with van der Waals surface area (Å²) in [6, 6.07) is 0. The lowest BCUT2D eigenvalue weighted by molar-refractivity contribution is -0.135. The zero-order valence-electron chi connectivity index (χ0n) is 10.4. The first-order valence-corrected chi connectivity index (χ1v) is 5.53. The molecule has 0 aromatic rings. The van der Waals surface area contributed by atoms with E-state index in [1.54, 1.807) is 7.11 Å². The van der Waals surface area contributed by atoms with Gasteiger partial charge in [-0.05, 0) is 25.9 Å². The molecule has 0 rings (SSSR count). The summed E-state index contributed by atoms with van der Waals surface area (Å²) in [5, 5.41) is 3.08. The summed E-state index contributed by atoms with van der Waals surface area (Å²) < 4.78 is 4.87. The molecular weight excluding hydrogens is 192 g/mol. The lowest BCUT2D eigenvalue weighted by atomic mass is 10.2. The van der Waals surface area contributed by atoms with Gasteiger partial charge in [-0.2, -0.15) is 0 Å². The quantitative estimate of drug-likeness (QED) is 0.608. The predicted molar refractivity (Wildman–Crippen MR) is 61.8 cm³/mol. The van der Waals surface area contributed by atoms with E-state index in [9.17, 15) is 4.79 Å². The summed E-state index contributed by atoms with van der Waals surface area (Å²) in [4.78, 5) is 13.5. The number of carbonyl (C=O) groups excluding carboxylic acids is 1. The van der Waals surface area contributed by atoms with Crippen LogP contribution in [0.15, 0.2) is 0 Å². The summed E-state index contributed by atoms with van der Waals surface area (Å²) in [7, 11) is 3.48. The van der Waals surface area contributed by atoms with Gasteiger partial charge < -0.3 is 15.0 Å². The highest BCUT2D eigenvalue weighted by Gasteiger charge is 2.13. The smallest absolute Gasteiger partial charge is 0.248 e. The van der Waals surface area contributed by atoms with Crippen LogP contribution in [0.1, 0.15) is 20.3 Å². The lowest BCUT2D eigenvalue weighted by Gasteiger charge is -2.24. The summed E-state index contributed by atoms with van der Waals surface area (Å²) in [6.45, 7) is 6.98. The Bertz CT molecular complexity index is 172. The van der Waals surface area contributed by atoms with Crippen LogP contribution >= 0.6 is 0 Å². The maximum atomic E-state index is 11.7. The fraction of sp³-hybridized carbons (Fsp3) is 0.909. The van der Waals surface area contributed by atoms with Gasteiger partial charge in [-0.1, -0.05) is 13.8 Å². The minimum Gasteiger partial charge on any atom is -0.375 e. The fourth-order valence-corrected chi connectivity index (χ4v) is 1.42. The minimum atomic E-state index is 0.0855. The zero-order valence-corrected chi connectivity index (χ0v) is 10.4. The van der Waals surface area contributed by atoms with Crippen LogP contribution in [0.5, 0.6) is 0 Å². The molecular formula is C11H24N2O2. The molecule has 0 aromatic heterocycles. The molecule has 0 spiro atoms. The molecule has 0 aromatic carbocycles. The number of hydrogen-bond acceptors (Lipinski definition) is 3. The van der Waals surface area contributed by atoms with Gasteiger partial charge in [-0.3, -0.25) is 4.79 Å². The number of nitrogens with zero attached hydrogens (tertiary/aromatic N) is 1. The van der Waals surface area contributed by atoms with Gasteiger partial charge in [0.25, 0.3) is 0 Å². The van der Waals surface area contributed by atoms with E-state index >= 15 is 0 Å². The van der Waals surface area contributed by atoms with Gasteiger partial charge in [0.05, 0.1) is 0 Å². The second-order valence-corrected chi connectivity index (χ2v) is 4.12. The van der Waals surface area contributed by atoms with Crippen molar-refractivity contribution in [1.82, 2.24) is 10.2 Å². The number of carbonyl (C=O) groups is 1. The Balaban J connectivity index is 3.99. The molecule has 90 valence electrons. The molecule has 0 aliphatic rings. The van der Waals surface area contributed by atoms with Crippen LogP contribution in [0.25, 0.3) is 0 Å². The van der Waals surface area contributed by atoms with Crippen LogP contribution in [-0.4, -0.2) is 51.2 Å². The topological polar surface area (TPSA) is 41.6 Å². The molecule has 0 radical (unpaired) electrons. The van der Waals surface area contributed by atoms with Crippen LogP contribution in [0.2, 0.25) is 0 Å². The van der Waals surface area contributed by atoms with Crippen LogP contribution in [0, 0.1) is 5.92 Å². The van der Waals surface area contributed by atoms with Crippen molar-refractivity contribution < 1.29 is 9.53 Å². The van der Waals surface area contributed by atoms with Crippen molar-refractivity contribution in [3.63, 3.8) is 0 Å². The Morgan fingerprint density at radius 3 is 2.60 bits per heavy atom. The van der Waals surface area contributed by atoms with Crippen LogP contribution < -0.4 is 5.32 Å². The number of hydrogen-bond donors (Lipinski definition) is 1. The molecule has 0 aliphatic heterocycles. The number of rotatable bonds is 8. The molecule has 0 saturated heterocycles. The van der Waals surface area contributed by atoms with E-state index in [0.29, 0.717) is 5.92 Å². The van der Waals surface area contributed by atoms with Crippen LogP contribution in [-0.2, 0) is 9.53 Å². The zero-order chi connectivity index (χ0) is 11.7. The first kappa shape index (κ1) is 14.4. The van der Waals surface area contributed by atoms with Crippen molar-refractivity contribution in [3.05, 3.63) is 0 Å². The molecule has 0 unspecified atom stereocenters. The third-order valence-electron chi connectivity index (χ3n) is 2.06. The largest absolute Gasteiger partial charge is 0.375 e. The van der Waals surface area contributed by atoms with E-state index < -0.39 is 0 Å². The van der Waals surface area contributed by atoms with Crippen molar-refractivity contribution in [1.29, 1.82) is 0 Å². The highest BCUT2D eigenvalue weighted by atomic mass is 16.5. The first-order valence-electron chi connectivity index (χ1n) is 5.53. The fourth-order valence-electron chi connectivity index (χ4n) is 1.42. The summed E-state index contributed by atoms with van der Waals surface area (Å²) in [6.07, 6.45) is 0.985. The van der Waals surface area contributed by atoms with E-state index in [2.05, 4.69) is 19.2 Å². The third-order valence-corrected chi connectivity index (χ3v) is 2.06. The van der Waals surface area contributed by atoms with E-state index in [1.165, 1.54) is 0 Å². The Labute approximate surface area is 93.0 Å². The second kappa shape index (κ2) is 8.68. The molecule has 0 fully saturated rings. The summed E-state index contributed by atoms with van der Waals surface area (Å²) >= 11 is 0. The maximum absolute atomic E-state index is 11.7.